The first-order chi connectivity index (χ1) is 4.96. The van der Waals surface area contributed by atoms with Gasteiger partial charge < -0.3 is 9.47 Å². The van der Waals surface area contributed by atoms with Crippen LogP contribution in [0.3, 0.4) is 0 Å². The lowest BCUT2D eigenvalue weighted by molar-refractivity contribution is -0.364. The predicted octanol–water partition coefficient (Wildman–Crippen LogP) is 1.26. The molecular weight excluding hydrogens is 168 g/mol. The molecule has 0 bridgehead atoms. The standard InChI is InChI=1S/C5H6F4O2/c6-4(5(7,8)9)3-10-1-2-11-4/h1-3H2. The maximum atomic E-state index is 12.6. The Morgan fingerprint density at radius 2 is 1.82 bits per heavy atom. The SMILES string of the molecule is FC(F)(F)C1(F)COCCO1. The highest BCUT2D eigenvalue weighted by Gasteiger charge is 2.59. The van der Waals surface area contributed by atoms with Crippen LogP contribution in [0.15, 0.2) is 0 Å². The van der Waals surface area contributed by atoms with E-state index in [1.54, 1.807) is 0 Å². The fraction of sp³-hybridized carbons (Fsp3) is 1.00. The van der Waals surface area contributed by atoms with Crippen LogP contribution in [-0.2, 0) is 9.47 Å². The zero-order valence-corrected chi connectivity index (χ0v) is 5.45. The average Bonchev–Trinajstić information content (AvgIpc) is 1.87. The molecule has 0 N–H and O–H groups in total. The summed E-state index contributed by atoms with van der Waals surface area (Å²) in [5.74, 6) is -3.61. The van der Waals surface area contributed by atoms with E-state index in [0.717, 1.165) is 0 Å². The Kier molecular flexibility index (Phi) is 2.06. The van der Waals surface area contributed by atoms with Gasteiger partial charge in [-0.3, -0.25) is 0 Å². The molecule has 2 nitrogen and oxygen atoms in total. The van der Waals surface area contributed by atoms with Crippen molar-refractivity contribution in [3.63, 3.8) is 0 Å². The molecule has 0 amide bonds. The molecule has 1 aliphatic rings. The molecule has 0 aliphatic carbocycles. The molecule has 6 heteroatoms. The van der Waals surface area contributed by atoms with Crippen LogP contribution in [0.5, 0.6) is 0 Å². The summed E-state index contributed by atoms with van der Waals surface area (Å²) in [4.78, 5) is 0. The van der Waals surface area contributed by atoms with Crippen LogP contribution in [0.2, 0.25) is 0 Å². The Labute approximate surface area is 60.1 Å². The minimum absolute atomic E-state index is 0.00174. The van der Waals surface area contributed by atoms with Gasteiger partial charge in [0.25, 0.3) is 0 Å². The second kappa shape index (κ2) is 2.60. The van der Waals surface area contributed by atoms with E-state index in [2.05, 4.69) is 9.47 Å². The summed E-state index contributed by atoms with van der Waals surface area (Å²) in [5, 5.41) is 0. The average molecular weight is 174 g/mol. The first kappa shape index (κ1) is 8.73. The highest BCUT2D eigenvalue weighted by Crippen LogP contribution is 2.36. The van der Waals surface area contributed by atoms with Crippen LogP contribution < -0.4 is 0 Å². The Morgan fingerprint density at radius 1 is 1.18 bits per heavy atom. The van der Waals surface area contributed by atoms with Crippen molar-refractivity contribution in [2.75, 3.05) is 19.8 Å². The molecule has 0 spiro atoms. The number of ether oxygens (including phenoxy) is 2. The van der Waals surface area contributed by atoms with E-state index in [-0.39, 0.29) is 13.2 Å². The van der Waals surface area contributed by atoms with E-state index < -0.39 is 18.6 Å². The van der Waals surface area contributed by atoms with Crippen LogP contribution in [0, 0.1) is 0 Å². The first-order valence-electron chi connectivity index (χ1n) is 2.93. The molecule has 0 aromatic carbocycles. The molecule has 1 heterocycles. The fourth-order valence-corrected chi connectivity index (χ4v) is 0.671. The lowest BCUT2D eigenvalue weighted by Gasteiger charge is -2.30. The lowest BCUT2D eigenvalue weighted by atomic mass is 10.3. The smallest absolute Gasteiger partial charge is 0.373 e. The lowest BCUT2D eigenvalue weighted by Crippen LogP contribution is -2.50. The molecule has 1 unspecified atom stereocenters. The minimum atomic E-state index is -5.01. The second-order valence-corrected chi connectivity index (χ2v) is 2.13. The number of hydrogen-bond donors (Lipinski definition) is 0. The Hall–Kier alpha value is -0.360. The molecule has 0 aromatic rings. The van der Waals surface area contributed by atoms with Gasteiger partial charge >= 0.3 is 12.0 Å². The van der Waals surface area contributed by atoms with Gasteiger partial charge in [0, 0.05) is 0 Å². The van der Waals surface area contributed by atoms with E-state index in [9.17, 15) is 17.6 Å². The van der Waals surface area contributed by atoms with Crippen LogP contribution >= 0.6 is 0 Å². The summed E-state index contributed by atoms with van der Waals surface area (Å²) < 4.78 is 56.0. The van der Waals surface area contributed by atoms with Gasteiger partial charge in [0.05, 0.1) is 13.2 Å². The number of hydrogen-bond acceptors (Lipinski definition) is 2. The van der Waals surface area contributed by atoms with Gasteiger partial charge in [0.15, 0.2) is 0 Å². The third-order valence-electron chi connectivity index (χ3n) is 1.27. The second-order valence-electron chi connectivity index (χ2n) is 2.13. The molecule has 1 atom stereocenters. The van der Waals surface area contributed by atoms with Crippen molar-refractivity contribution in [3.05, 3.63) is 0 Å². The van der Waals surface area contributed by atoms with Crippen LogP contribution in [-0.4, -0.2) is 31.9 Å². The number of rotatable bonds is 0. The summed E-state index contributed by atoms with van der Waals surface area (Å²) in [6, 6.07) is 0. The topological polar surface area (TPSA) is 18.5 Å². The zero-order valence-electron chi connectivity index (χ0n) is 5.45. The fourth-order valence-electron chi connectivity index (χ4n) is 0.671. The van der Waals surface area contributed by atoms with E-state index in [1.807, 2.05) is 0 Å². The zero-order chi connectivity index (χ0) is 8.54. The van der Waals surface area contributed by atoms with Gasteiger partial charge in [-0.15, -0.1) is 0 Å². The first-order valence-corrected chi connectivity index (χ1v) is 2.93. The van der Waals surface area contributed by atoms with E-state index in [0.29, 0.717) is 0 Å². The van der Waals surface area contributed by atoms with Crippen molar-refractivity contribution >= 4 is 0 Å². The summed E-state index contributed by atoms with van der Waals surface area (Å²) in [6.07, 6.45) is -5.01. The van der Waals surface area contributed by atoms with Gasteiger partial charge in [0.2, 0.25) is 0 Å². The van der Waals surface area contributed by atoms with Crippen LogP contribution in [0.25, 0.3) is 0 Å². The van der Waals surface area contributed by atoms with Crippen molar-refractivity contribution in [2.24, 2.45) is 0 Å². The largest absolute Gasteiger partial charge is 0.450 e. The predicted molar refractivity (Wildman–Crippen MR) is 26.7 cm³/mol. The minimum Gasteiger partial charge on any atom is -0.373 e. The molecule has 66 valence electrons. The van der Waals surface area contributed by atoms with Crippen molar-refractivity contribution in [1.29, 1.82) is 0 Å². The third kappa shape index (κ3) is 1.62. The summed E-state index contributed by atoms with van der Waals surface area (Å²) in [6.45, 7) is -1.44. The maximum Gasteiger partial charge on any atom is 0.450 e. The molecule has 0 radical (unpaired) electrons. The van der Waals surface area contributed by atoms with Gasteiger partial charge in [-0.1, -0.05) is 0 Å². The van der Waals surface area contributed by atoms with Crippen molar-refractivity contribution in [3.8, 4) is 0 Å². The highest BCUT2D eigenvalue weighted by molar-refractivity contribution is 4.78. The molecule has 11 heavy (non-hydrogen) atoms. The highest BCUT2D eigenvalue weighted by atomic mass is 19.4. The van der Waals surface area contributed by atoms with Gasteiger partial charge in [-0.25, -0.2) is 0 Å². The quantitative estimate of drug-likeness (QED) is 0.514. The van der Waals surface area contributed by atoms with Gasteiger partial charge in [-0.2, -0.15) is 17.6 Å². The van der Waals surface area contributed by atoms with Gasteiger partial charge in [-0.05, 0) is 0 Å². The Morgan fingerprint density at radius 3 is 2.09 bits per heavy atom. The normalized spacial score (nSPS) is 33.8. The van der Waals surface area contributed by atoms with Crippen LogP contribution in [0.1, 0.15) is 0 Å². The third-order valence-corrected chi connectivity index (χ3v) is 1.27. The molecule has 0 aromatic heterocycles. The summed E-state index contributed by atoms with van der Waals surface area (Å²) >= 11 is 0. The van der Waals surface area contributed by atoms with Crippen molar-refractivity contribution < 1.29 is 27.0 Å². The van der Waals surface area contributed by atoms with E-state index in [1.165, 1.54) is 0 Å². The van der Waals surface area contributed by atoms with E-state index in [4.69, 9.17) is 0 Å². The monoisotopic (exact) mass is 174 g/mol. The molecule has 1 rings (SSSR count). The molecule has 1 fully saturated rings. The summed E-state index contributed by atoms with van der Waals surface area (Å²) in [7, 11) is 0. The number of alkyl halides is 4. The van der Waals surface area contributed by atoms with Crippen LogP contribution in [0.4, 0.5) is 17.6 Å². The number of halogens is 4. The Balaban J connectivity index is 2.64. The summed E-state index contributed by atoms with van der Waals surface area (Å²) in [5.41, 5.74) is 0. The van der Waals surface area contributed by atoms with Gasteiger partial charge in [0.1, 0.15) is 6.61 Å². The Bertz CT molecular complexity index is 138. The van der Waals surface area contributed by atoms with Crippen molar-refractivity contribution in [2.45, 2.75) is 12.0 Å². The van der Waals surface area contributed by atoms with E-state index >= 15 is 0 Å². The molecule has 1 aliphatic heterocycles. The maximum absolute atomic E-state index is 12.6. The molecular formula is C5H6F4O2. The molecule has 1 saturated heterocycles. The van der Waals surface area contributed by atoms with Crippen molar-refractivity contribution in [1.82, 2.24) is 0 Å². The molecule has 0 saturated carbocycles.